The van der Waals surface area contributed by atoms with Crippen LogP contribution >= 0.6 is 8.07 Å². The zero-order valence-electron chi connectivity index (χ0n) is 5.17. The van der Waals surface area contributed by atoms with E-state index in [0.29, 0.717) is 0 Å². The van der Waals surface area contributed by atoms with Crippen molar-refractivity contribution in [3.8, 4) is 0 Å². The normalized spacial score (nSPS) is 10.7. The van der Waals surface area contributed by atoms with Crippen molar-refractivity contribution in [2.75, 3.05) is 13.3 Å². The van der Waals surface area contributed by atoms with Gasteiger partial charge in [0.15, 0.2) is 0 Å². The summed E-state index contributed by atoms with van der Waals surface area (Å²) in [6.07, 6.45) is 0. The van der Waals surface area contributed by atoms with E-state index in [1.54, 1.807) is 0 Å². The molecule has 1 nitrogen and oxygen atoms in total. The van der Waals surface area contributed by atoms with Gasteiger partial charge in [-0.2, -0.15) is 0 Å². The van der Waals surface area contributed by atoms with Gasteiger partial charge in [0.1, 0.15) is 0 Å². The molecule has 0 radical (unpaired) electrons. The van der Waals surface area contributed by atoms with Crippen molar-refractivity contribution in [3.63, 3.8) is 0 Å². The fourth-order valence-corrected chi connectivity index (χ4v) is 0. The molecule has 0 rings (SSSR count). The van der Waals surface area contributed by atoms with Crippen molar-refractivity contribution in [3.05, 3.63) is 0 Å². The van der Waals surface area contributed by atoms with Crippen molar-refractivity contribution >= 4 is 15.3 Å². The summed E-state index contributed by atoms with van der Waals surface area (Å²) in [5, 5.41) is 0. The SMILES string of the molecule is C[PH+](C)N.F[B-](F)(F)F. The van der Waals surface area contributed by atoms with E-state index in [9.17, 15) is 17.3 Å². The second-order valence-electron chi connectivity index (χ2n) is 1.57. The molecule has 0 unspecified atom stereocenters. The van der Waals surface area contributed by atoms with Gasteiger partial charge in [-0.1, -0.05) is 0 Å². The lowest BCUT2D eigenvalue weighted by molar-refractivity contribution is 0.368. The molecule has 7 heteroatoms. The molecule has 0 atom stereocenters. The number of halogens is 4. The van der Waals surface area contributed by atoms with E-state index in [2.05, 4.69) is 0 Å². The maximum atomic E-state index is 9.75. The average Bonchev–Trinajstić information content (AvgIpc) is 1.19. The number of nitrogens with two attached hydrogens (primary N) is 1. The van der Waals surface area contributed by atoms with Crippen LogP contribution in [0.5, 0.6) is 0 Å². The van der Waals surface area contributed by atoms with Crippen molar-refractivity contribution in [2.45, 2.75) is 0 Å². The van der Waals surface area contributed by atoms with E-state index in [1.807, 2.05) is 13.3 Å². The molecule has 0 aromatic carbocycles. The molecule has 0 aliphatic heterocycles. The van der Waals surface area contributed by atoms with Gasteiger partial charge < -0.3 is 17.3 Å². The summed E-state index contributed by atoms with van der Waals surface area (Å²) in [6.45, 7) is 4.09. The Balaban J connectivity index is 0. The summed E-state index contributed by atoms with van der Waals surface area (Å²) in [5.74, 6) is 0. The Bertz CT molecular complexity index is 55.3. The molecule has 0 heterocycles. The Labute approximate surface area is 52.5 Å². The molecule has 0 spiro atoms. The highest BCUT2D eigenvalue weighted by Gasteiger charge is 2.20. The van der Waals surface area contributed by atoms with Gasteiger partial charge in [-0.05, 0) is 0 Å². The summed E-state index contributed by atoms with van der Waals surface area (Å²) in [5.41, 5.74) is 5.21. The van der Waals surface area contributed by atoms with Gasteiger partial charge in [-0.3, -0.25) is 0 Å². The van der Waals surface area contributed by atoms with E-state index in [-0.39, 0.29) is 8.07 Å². The van der Waals surface area contributed by atoms with Crippen molar-refractivity contribution in [1.29, 1.82) is 0 Å². The lowest BCUT2D eigenvalue weighted by Gasteiger charge is -1.94. The molecular weight excluding hydrogens is 156 g/mol. The smallest absolute Gasteiger partial charge is 0.418 e. The number of hydrogen-bond donors (Lipinski definition) is 1. The molecule has 0 amide bonds. The third kappa shape index (κ3) is 10200. The molecule has 0 aromatic heterocycles. The van der Waals surface area contributed by atoms with Gasteiger partial charge in [0.05, 0.1) is 21.4 Å². The van der Waals surface area contributed by atoms with Crippen LogP contribution in [-0.2, 0) is 0 Å². The monoisotopic (exact) mass is 165 g/mol. The van der Waals surface area contributed by atoms with Crippen molar-refractivity contribution in [1.82, 2.24) is 0 Å². The van der Waals surface area contributed by atoms with Crippen molar-refractivity contribution in [2.24, 2.45) is 5.50 Å². The Morgan fingerprint density at radius 1 is 1.11 bits per heavy atom. The van der Waals surface area contributed by atoms with Crippen LogP contribution in [0.1, 0.15) is 0 Å². The quantitative estimate of drug-likeness (QED) is 0.329. The first kappa shape index (κ1) is 11.9. The number of rotatable bonds is 0. The molecular formula is C2H9BF4NP. The van der Waals surface area contributed by atoms with Gasteiger partial charge in [0.2, 0.25) is 0 Å². The third-order valence-corrected chi connectivity index (χ3v) is 0. The Kier molecular flexibility index (Phi) is 6.62. The van der Waals surface area contributed by atoms with Crippen LogP contribution < -0.4 is 5.50 Å². The van der Waals surface area contributed by atoms with E-state index in [4.69, 9.17) is 5.50 Å². The van der Waals surface area contributed by atoms with Crippen LogP contribution in [0.3, 0.4) is 0 Å². The van der Waals surface area contributed by atoms with Crippen LogP contribution in [0, 0.1) is 0 Å². The van der Waals surface area contributed by atoms with Gasteiger partial charge in [-0.25, -0.2) is 5.50 Å². The van der Waals surface area contributed by atoms with Crippen LogP contribution in [-0.4, -0.2) is 20.6 Å². The van der Waals surface area contributed by atoms with E-state index in [0.717, 1.165) is 0 Å². The maximum absolute atomic E-state index is 9.75. The van der Waals surface area contributed by atoms with Gasteiger partial charge in [0.25, 0.3) is 0 Å². The summed E-state index contributed by atoms with van der Waals surface area (Å²) in [6, 6.07) is 0. The van der Waals surface area contributed by atoms with E-state index >= 15 is 0 Å². The molecule has 58 valence electrons. The minimum absolute atomic E-state index is 0.380. The second-order valence-corrected chi connectivity index (χ2v) is 3.73. The van der Waals surface area contributed by atoms with Gasteiger partial charge in [-0.15, -0.1) is 0 Å². The highest BCUT2D eigenvalue weighted by atomic mass is 31.1. The average molecular weight is 165 g/mol. The largest absolute Gasteiger partial charge is 0.673 e. The van der Waals surface area contributed by atoms with Gasteiger partial charge >= 0.3 is 7.25 Å². The lowest BCUT2D eigenvalue weighted by Crippen LogP contribution is -2.02. The molecule has 2 N–H and O–H groups in total. The molecule has 0 fully saturated rings. The standard InChI is InChI=1S/C2H8NP.BF4/c1-4(2)3;2-1(3,4)5/h3H2,1-2H3;/q;-1/p+1. The number of hydrogen-bond acceptors (Lipinski definition) is 1. The fraction of sp³-hybridized carbons (Fsp3) is 1.00. The Morgan fingerprint density at radius 3 is 1.11 bits per heavy atom. The summed E-state index contributed by atoms with van der Waals surface area (Å²) < 4.78 is 39.0. The zero-order valence-corrected chi connectivity index (χ0v) is 6.17. The van der Waals surface area contributed by atoms with E-state index in [1.165, 1.54) is 0 Å². The fourth-order valence-electron chi connectivity index (χ4n) is 0. The van der Waals surface area contributed by atoms with Gasteiger partial charge in [0, 0.05) is 0 Å². The molecule has 0 aromatic rings. The van der Waals surface area contributed by atoms with E-state index < -0.39 is 7.25 Å². The predicted molar refractivity (Wildman–Crippen MR) is 34.5 cm³/mol. The molecule has 0 aliphatic carbocycles. The Hall–Kier alpha value is 0.175. The Morgan fingerprint density at radius 2 is 1.11 bits per heavy atom. The molecule has 0 bridgehead atoms. The topological polar surface area (TPSA) is 26.0 Å². The summed E-state index contributed by atoms with van der Waals surface area (Å²) >= 11 is 0. The van der Waals surface area contributed by atoms with Crippen LogP contribution in [0.4, 0.5) is 17.3 Å². The molecule has 0 aliphatic rings. The first-order chi connectivity index (χ1) is 3.73. The summed E-state index contributed by atoms with van der Waals surface area (Å²) in [7, 11) is -6.38. The summed E-state index contributed by atoms with van der Waals surface area (Å²) in [4.78, 5) is 0. The molecule has 0 saturated heterocycles. The maximum Gasteiger partial charge on any atom is 0.673 e. The third-order valence-electron chi connectivity index (χ3n) is 0. The highest BCUT2D eigenvalue weighted by Crippen LogP contribution is 2.07. The van der Waals surface area contributed by atoms with Crippen molar-refractivity contribution < 1.29 is 17.3 Å². The predicted octanol–water partition coefficient (Wildman–Crippen LogP) is 1.63. The molecule has 9 heavy (non-hydrogen) atoms. The first-order valence-corrected chi connectivity index (χ1v) is 4.74. The lowest BCUT2D eigenvalue weighted by atomic mass is 10.3. The second kappa shape index (κ2) is 5.00. The zero-order chi connectivity index (χ0) is 8.08. The first-order valence-electron chi connectivity index (χ1n) is 2.16. The molecule has 0 saturated carbocycles. The minimum atomic E-state index is -6.00. The van der Waals surface area contributed by atoms with Crippen LogP contribution in [0.2, 0.25) is 0 Å². The highest BCUT2D eigenvalue weighted by molar-refractivity contribution is 7.53. The minimum Gasteiger partial charge on any atom is -0.418 e. The van der Waals surface area contributed by atoms with Crippen LogP contribution in [0.25, 0.3) is 0 Å². The van der Waals surface area contributed by atoms with Crippen LogP contribution in [0.15, 0.2) is 0 Å².